The molecule has 124 valence electrons. The first-order chi connectivity index (χ1) is 11.6. The smallest absolute Gasteiger partial charge is 0.338 e. The van der Waals surface area contributed by atoms with Gasteiger partial charge in [0, 0.05) is 0 Å². The molecule has 0 spiro atoms. The third-order valence-electron chi connectivity index (χ3n) is 4.14. The number of esters is 1. The van der Waals surface area contributed by atoms with Gasteiger partial charge in [-0.15, -0.1) is 0 Å². The molecular weight excluding hydrogens is 306 g/mol. The summed E-state index contributed by atoms with van der Waals surface area (Å²) >= 11 is 0. The molecule has 0 saturated carbocycles. The summed E-state index contributed by atoms with van der Waals surface area (Å²) < 4.78 is 5.03. The number of rotatable bonds is 4. The zero-order chi connectivity index (χ0) is 16.9. The van der Waals surface area contributed by atoms with Crippen molar-refractivity contribution in [2.24, 2.45) is 0 Å². The Morgan fingerprint density at radius 1 is 1.12 bits per heavy atom. The Bertz CT molecular complexity index is 739. The molecule has 0 radical (unpaired) electrons. The Kier molecular flexibility index (Phi) is 4.79. The van der Waals surface area contributed by atoms with Crippen molar-refractivity contribution in [3.05, 3.63) is 65.2 Å². The van der Waals surface area contributed by atoms with Crippen molar-refractivity contribution in [1.82, 2.24) is 5.32 Å². The van der Waals surface area contributed by atoms with Crippen LogP contribution in [0.5, 0.6) is 5.75 Å². The highest BCUT2D eigenvalue weighted by Crippen LogP contribution is 2.29. The molecule has 0 bridgehead atoms. The number of hydrogen-bond acceptors (Lipinski definition) is 4. The number of phenols is 1. The van der Waals surface area contributed by atoms with Crippen LogP contribution in [0.4, 0.5) is 0 Å². The second-order valence-corrected chi connectivity index (χ2v) is 5.83. The minimum Gasteiger partial charge on any atom is -0.508 e. The van der Waals surface area contributed by atoms with E-state index in [0.29, 0.717) is 5.56 Å². The van der Waals surface area contributed by atoms with Crippen molar-refractivity contribution in [3.63, 3.8) is 0 Å². The third-order valence-corrected chi connectivity index (χ3v) is 4.14. The van der Waals surface area contributed by atoms with Crippen LogP contribution in [0.3, 0.4) is 0 Å². The van der Waals surface area contributed by atoms with E-state index in [1.165, 1.54) is 29.8 Å². The highest BCUT2D eigenvalue weighted by Gasteiger charge is 2.21. The van der Waals surface area contributed by atoms with Crippen LogP contribution in [0.1, 0.15) is 40.4 Å². The molecule has 2 N–H and O–H groups in total. The Hall–Kier alpha value is -2.82. The van der Waals surface area contributed by atoms with Gasteiger partial charge in [-0.25, -0.2) is 4.79 Å². The fraction of sp³-hybridized carbons (Fsp3) is 0.263. The minimum atomic E-state index is -0.589. The summed E-state index contributed by atoms with van der Waals surface area (Å²) in [5.74, 6) is -0.835. The van der Waals surface area contributed by atoms with Crippen molar-refractivity contribution < 1.29 is 19.4 Å². The van der Waals surface area contributed by atoms with Crippen LogP contribution in [-0.2, 0) is 16.0 Å². The SMILES string of the molecule is O=C(COC(=O)c1ccc(O)cc1)N[C@H]1CCCc2ccccc21. The third kappa shape index (κ3) is 3.74. The number of hydrogen-bond donors (Lipinski definition) is 2. The molecule has 5 nitrogen and oxygen atoms in total. The number of benzene rings is 2. The average Bonchev–Trinajstić information content (AvgIpc) is 2.61. The lowest BCUT2D eigenvalue weighted by Gasteiger charge is -2.26. The quantitative estimate of drug-likeness (QED) is 0.848. The van der Waals surface area contributed by atoms with Crippen LogP contribution in [0.25, 0.3) is 0 Å². The van der Waals surface area contributed by atoms with E-state index in [1.54, 1.807) is 0 Å². The zero-order valence-corrected chi connectivity index (χ0v) is 13.2. The molecule has 0 unspecified atom stereocenters. The Morgan fingerprint density at radius 3 is 2.67 bits per heavy atom. The van der Waals surface area contributed by atoms with Gasteiger partial charge < -0.3 is 15.2 Å². The molecule has 1 aliphatic rings. The summed E-state index contributed by atoms with van der Waals surface area (Å²) in [6.07, 6.45) is 2.93. The van der Waals surface area contributed by atoms with Crippen molar-refractivity contribution in [1.29, 1.82) is 0 Å². The van der Waals surface area contributed by atoms with Crippen molar-refractivity contribution in [2.75, 3.05) is 6.61 Å². The molecule has 2 aromatic carbocycles. The number of phenolic OH excluding ortho intramolecular Hbond substituents is 1. The Morgan fingerprint density at radius 2 is 1.88 bits per heavy atom. The van der Waals surface area contributed by atoms with E-state index >= 15 is 0 Å². The maximum Gasteiger partial charge on any atom is 0.338 e. The van der Waals surface area contributed by atoms with Crippen LogP contribution in [0, 0.1) is 0 Å². The number of nitrogens with one attached hydrogen (secondary N) is 1. The Labute approximate surface area is 140 Å². The molecule has 1 amide bonds. The number of fused-ring (bicyclic) bond motifs is 1. The number of carbonyl (C=O) groups excluding carboxylic acids is 2. The number of aryl methyl sites for hydroxylation is 1. The molecule has 0 aliphatic heterocycles. The second kappa shape index (κ2) is 7.17. The normalized spacial score (nSPS) is 16.1. The van der Waals surface area contributed by atoms with Gasteiger partial charge in [-0.1, -0.05) is 24.3 Å². The maximum atomic E-state index is 12.1. The molecular formula is C19H19NO4. The van der Waals surface area contributed by atoms with E-state index in [0.717, 1.165) is 24.8 Å². The van der Waals surface area contributed by atoms with Gasteiger partial charge in [0.15, 0.2) is 6.61 Å². The van der Waals surface area contributed by atoms with E-state index < -0.39 is 5.97 Å². The standard InChI is InChI=1S/C19H19NO4/c21-15-10-8-14(9-11-15)19(23)24-12-18(22)20-17-7-3-5-13-4-1-2-6-16(13)17/h1-2,4,6,8-11,17,21H,3,5,7,12H2,(H,20,22)/t17-/m0/s1. The van der Waals surface area contributed by atoms with Crippen LogP contribution < -0.4 is 5.32 Å². The van der Waals surface area contributed by atoms with Gasteiger partial charge in [0.05, 0.1) is 11.6 Å². The van der Waals surface area contributed by atoms with Gasteiger partial charge in [-0.05, 0) is 54.7 Å². The Balaban J connectivity index is 1.55. The highest BCUT2D eigenvalue weighted by atomic mass is 16.5. The molecule has 0 saturated heterocycles. The van der Waals surface area contributed by atoms with Crippen molar-refractivity contribution in [3.8, 4) is 5.75 Å². The van der Waals surface area contributed by atoms with E-state index in [2.05, 4.69) is 11.4 Å². The summed E-state index contributed by atoms with van der Waals surface area (Å²) in [5.41, 5.74) is 2.70. The summed E-state index contributed by atoms with van der Waals surface area (Å²) in [6, 6.07) is 13.7. The number of amides is 1. The minimum absolute atomic E-state index is 0.0326. The predicted octanol–water partition coefficient (Wildman–Crippen LogP) is 2.74. The van der Waals surface area contributed by atoms with Gasteiger partial charge in [0.2, 0.25) is 0 Å². The van der Waals surface area contributed by atoms with E-state index in [1.807, 2.05) is 18.2 Å². The molecule has 2 aromatic rings. The topological polar surface area (TPSA) is 75.6 Å². The zero-order valence-electron chi connectivity index (χ0n) is 13.2. The van der Waals surface area contributed by atoms with Crippen LogP contribution in [-0.4, -0.2) is 23.6 Å². The first-order valence-electron chi connectivity index (χ1n) is 7.97. The number of carbonyl (C=O) groups is 2. The molecule has 0 heterocycles. The molecule has 24 heavy (non-hydrogen) atoms. The summed E-state index contributed by atoms with van der Waals surface area (Å²) in [6.45, 7) is -0.321. The number of aromatic hydroxyl groups is 1. The lowest BCUT2D eigenvalue weighted by Crippen LogP contribution is -2.34. The van der Waals surface area contributed by atoms with Gasteiger partial charge in [-0.2, -0.15) is 0 Å². The monoisotopic (exact) mass is 325 g/mol. The maximum absolute atomic E-state index is 12.1. The predicted molar refractivity (Wildman–Crippen MR) is 88.7 cm³/mol. The lowest BCUT2D eigenvalue weighted by atomic mass is 9.88. The van der Waals surface area contributed by atoms with Crippen LogP contribution in [0.2, 0.25) is 0 Å². The molecule has 1 atom stereocenters. The summed E-state index contributed by atoms with van der Waals surface area (Å²) in [7, 11) is 0. The van der Waals surface area contributed by atoms with Gasteiger partial charge in [0.25, 0.3) is 5.91 Å². The molecule has 1 aliphatic carbocycles. The number of ether oxygens (including phenoxy) is 1. The average molecular weight is 325 g/mol. The van der Waals surface area contributed by atoms with Crippen molar-refractivity contribution in [2.45, 2.75) is 25.3 Å². The molecule has 3 rings (SSSR count). The highest BCUT2D eigenvalue weighted by molar-refractivity contribution is 5.91. The molecule has 0 aromatic heterocycles. The largest absolute Gasteiger partial charge is 0.508 e. The molecule has 5 heteroatoms. The summed E-state index contributed by atoms with van der Waals surface area (Å²) in [4.78, 5) is 23.9. The fourth-order valence-electron chi connectivity index (χ4n) is 2.95. The van der Waals surface area contributed by atoms with E-state index in [9.17, 15) is 14.7 Å². The van der Waals surface area contributed by atoms with Gasteiger partial charge in [-0.3, -0.25) is 4.79 Å². The van der Waals surface area contributed by atoms with E-state index in [-0.39, 0.29) is 24.3 Å². The first-order valence-corrected chi connectivity index (χ1v) is 7.97. The lowest BCUT2D eigenvalue weighted by molar-refractivity contribution is -0.125. The van der Waals surface area contributed by atoms with Crippen LogP contribution >= 0.6 is 0 Å². The second-order valence-electron chi connectivity index (χ2n) is 5.83. The molecule has 0 fully saturated rings. The fourth-order valence-corrected chi connectivity index (χ4v) is 2.95. The van der Waals surface area contributed by atoms with Crippen molar-refractivity contribution >= 4 is 11.9 Å². The summed E-state index contributed by atoms with van der Waals surface area (Å²) in [5, 5.41) is 12.1. The van der Waals surface area contributed by atoms with Gasteiger partial charge in [0.1, 0.15) is 5.75 Å². The van der Waals surface area contributed by atoms with Gasteiger partial charge >= 0.3 is 5.97 Å². The van der Waals surface area contributed by atoms with E-state index in [4.69, 9.17) is 4.74 Å². The van der Waals surface area contributed by atoms with Crippen LogP contribution in [0.15, 0.2) is 48.5 Å². The first kappa shape index (κ1) is 16.1.